The summed E-state index contributed by atoms with van der Waals surface area (Å²) >= 11 is 0. The maximum Gasteiger partial charge on any atom is 0.323 e. The van der Waals surface area contributed by atoms with Crippen molar-refractivity contribution in [1.82, 2.24) is 0 Å². The minimum atomic E-state index is -0.602. The Kier molecular flexibility index (Phi) is 6.00. The summed E-state index contributed by atoms with van der Waals surface area (Å²) in [6.07, 6.45) is 5.27. The second kappa shape index (κ2) is 9.20. The molecule has 0 bridgehead atoms. The number of fused-ring (bicyclic) bond motifs is 1. The van der Waals surface area contributed by atoms with E-state index in [1.165, 1.54) is 0 Å². The number of para-hydroxylation sites is 1. The molecular weight excluding hydrogens is 398 g/mol. The zero-order chi connectivity index (χ0) is 22.5. The van der Waals surface area contributed by atoms with E-state index in [0.717, 1.165) is 22.3 Å². The number of ether oxygens (including phenoxy) is 2. The van der Waals surface area contributed by atoms with Crippen LogP contribution < -0.4 is 9.47 Å². The Morgan fingerprint density at radius 2 is 1.69 bits per heavy atom. The molecule has 1 heterocycles. The molecule has 0 aliphatic carbocycles. The van der Waals surface area contributed by atoms with Crippen molar-refractivity contribution in [3.63, 3.8) is 0 Å². The second-order valence-corrected chi connectivity index (χ2v) is 7.31. The molecule has 156 valence electrons. The summed E-state index contributed by atoms with van der Waals surface area (Å²) in [4.78, 5) is 13.3. The van der Waals surface area contributed by atoms with E-state index in [4.69, 9.17) is 14.7 Å². The van der Waals surface area contributed by atoms with Gasteiger partial charge in [0.25, 0.3) is 0 Å². The van der Waals surface area contributed by atoms with E-state index >= 15 is 0 Å². The SMILES string of the molecule is C=C/C=C\C1=C(C)Oc2ccccc2C1C(=O)Oc1ccc(-c2ccc(C#N)cc2)cc1. The van der Waals surface area contributed by atoms with Crippen LogP contribution in [0.2, 0.25) is 0 Å². The van der Waals surface area contributed by atoms with Crippen LogP contribution in [-0.2, 0) is 4.79 Å². The largest absolute Gasteiger partial charge is 0.461 e. The lowest BCUT2D eigenvalue weighted by Crippen LogP contribution is -2.25. The van der Waals surface area contributed by atoms with Gasteiger partial charge in [-0.3, -0.25) is 4.79 Å². The highest BCUT2D eigenvalue weighted by Crippen LogP contribution is 2.40. The Morgan fingerprint density at radius 1 is 1.03 bits per heavy atom. The van der Waals surface area contributed by atoms with Crippen molar-refractivity contribution < 1.29 is 14.3 Å². The topological polar surface area (TPSA) is 59.3 Å². The number of esters is 1. The van der Waals surface area contributed by atoms with Gasteiger partial charge in [0.1, 0.15) is 23.2 Å². The molecule has 0 radical (unpaired) electrons. The first-order valence-electron chi connectivity index (χ1n) is 10.2. The van der Waals surface area contributed by atoms with Crippen molar-refractivity contribution >= 4 is 5.97 Å². The zero-order valence-electron chi connectivity index (χ0n) is 17.6. The van der Waals surface area contributed by atoms with E-state index in [2.05, 4.69) is 12.6 Å². The Morgan fingerprint density at radius 3 is 2.34 bits per heavy atom. The van der Waals surface area contributed by atoms with Crippen molar-refractivity contribution in [3.8, 4) is 28.7 Å². The molecule has 1 aliphatic rings. The molecule has 32 heavy (non-hydrogen) atoms. The molecule has 1 aliphatic heterocycles. The van der Waals surface area contributed by atoms with E-state index in [-0.39, 0.29) is 5.97 Å². The Hall–Kier alpha value is -4.36. The highest BCUT2D eigenvalue weighted by molar-refractivity contribution is 5.86. The number of allylic oxidation sites excluding steroid dienone is 4. The van der Waals surface area contributed by atoms with Gasteiger partial charge < -0.3 is 9.47 Å². The quantitative estimate of drug-likeness (QED) is 0.276. The molecule has 0 saturated carbocycles. The Balaban J connectivity index is 1.60. The zero-order valence-corrected chi connectivity index (χ0v) is 17.6. The van der Waals surface area contributed by atoms with E-state index in [9.17, 15) is 4.79 Å². The number of rotatable bonds is 5. The smallest absolute Gasteiger partial charge is 0.323 e. The number of hydrogen-bond acceptors (Lipinski definition) is 4. The Labute approximate surface area is 187 Å². The molecule has 1 atom stereocenters. The number of benzene rings is 3. The van der Waals surface area contributed by atoms with Crippen molar-refractivity contribution in [1.29, 1.82) is 5.26 Å². The predicted molar refractivity (Wildman–Crippen MR) is 124 cm³/mol. The average molecular weight is 419 g/mol. The van der Waals surface area contributed by atoms with Crippen LogP contribution in [0.1, 0.15) is 24.0 Å². The summed E-state index contributed by atoms with van der Waals surface area (Å²) in [5.41, 5.74) is 4.07. The minimum absolute atomic E-state index is 0.380. The van der Waals surface area contributed by atoms with Gasteiger partial charge in [-0.15, -0.1) is 0 Å². The molecule has 4 rings (SSSR count). The van der Waals surface area contributed by atoms with Gasteiger partial charge in [-0.2, -0.15) is 5.26 Å². The lowest BCUT2D eigenvalue weighted by Gasteiger charge is -2.27. The van der Waals surface area contributed by atoms with Crippen LogP contribution in [0.3, 0.4) is 0 Å². The van der Waals surface area contributed by atoms with Crippen molar-refractivity contribution in [2.24, 2.45) is 0 Å². The van der Waals surface area contributed by atoms with Crippen LogP contribution in [0, 0.1) is 11.3 Å². The van der Waals surface area contributed by atoms with Crippen molar-refractivity contribution in [2.45, 2.75) is 12.8 Å². The average Bonchev–Trinajstić information content (AvgIpc) is 2.83. The lowest BCUT2D eigenvalue weighted by molar-refractivity contribution is -0.135. The van der Waals surface area contributed by atoms with Gasteiger partial charge in [-0.1, -0.05) is 67.3 Å². The maximum atomic E-state index is 13.3. The normalized spacial score (nSPS) is 14.9. The molecule has 3 aromatic carbocycles. The molecule has 0 spiro atoms. The fraction of sp³-hybridized carbons (Fsp3) is 0.0714. The van der Waals surface area contributed by atoms with Crippen molar-refractivity contribution in [3.05, 3.63) is 120 Å². The molecule has 0 N–H and O–H groups in total. The summed E-state index contributed by atoms with van der Waals surface area (Å²) in [7, 11) is 0. The molecule has 0 aromatic heterocycles. The van der Waals surface area contributed by atoms with E-state index < -0.39 is 5.92 Å². The molecule has 4 heteroatoms. The molecule has 3 aromatic rings. The third kappa shape index (κ3) is 4.23. The van der Waals surface area contributed by atoms with E-state index in [0.29, 0.717) is 22.8 Å². The van der Waals surface area contributed by atoms with Crippen LogP contribution >= 0.6 is 0 Å². The molecule has 4 nitrogen and oxygen atoms in total. The van der Waals surface area contributed by atoms with Crippen LogP contribution in [0.25, 0.3) is 11.1 Å². The predicted octanol–water partition coefficient (Wildman–Crippen LogP) is 6.32. The highest BCUT2D eigenvalue weighted by atomic mass is 16.5. The van der Waals surface area contributed by atoms with Crippen LogP contribution in [0.4, 0.5) is 0 Å². The Bertz CT molecular complexity index is 1260. The summed E-state index contributed by atoms with van der Waals surface area (Å²) < 4.78 is 11.7. The number of carbonyl (C=O) groups is 1. The fourth-order valence-corrected chi connectivity index (χ4v) is 3.67. The molecule has 1 unspecified atom stereocenters. The third-order valence-electron chi connectivity index (χ3n) is 5.28. The molecule has 0 fully saturated rings. The van der Waals surface area contributed by atoms with Crippen LogP contribution in [-0.4, -0.2) is 5.97 Å². The summed E-state index contributed by atoms with van der Waals surface area (Å²) in [5, 5.41) is 8.95. The van der Waals surface area contributed by atoms with Gasteiger partial charge in [0, 0.05) is 11.1 Å². The fourth-order valence-electron chi connectivity index (χ4n) is 3.67. The standard InChI is InChI=1S/C28H21NO3/c1-3-4-7-24-19(2)31-26-9-6-5-8-25(26)27(24)28(30)32-23-16-14-22(15-17-23)21-12-10-20(18-29)11-13-21/h3-17,27H,1H2,2H3/b7-4-. The number of hydrogen-bond donors (Lipinski definition) is 0. The first-order chi connectivity index (χ1) is 15.6. The van der Waals surface area contributed by atoms with Gasteiger partial charge in [0.2, 0.25) is 0 Å². The maximum absolute atomic E-state index is 13.3. The van der Waals surface area contributed by atoms with Gasteiger partial charge in [-0.05, 0) is 48.4 Å². The minimum Gasteiger partial charge on any atom is -0.461 e. The first kappa shape index (κ1) is 20.9. The van der Waals surface area contributed by atoms with Crippen LogP contribution in [0.15, 0.2) is 109 Å². The summed E-state index contributed by atoms with van der Waals surface area (Å²) in [6, 6.07) is 24.3. The monoisotopic (exact) mass is 419 g/mol. The second-order valence-electron chi connectivity index (χ2n) is 7.31. The van der Waals surface area contributed by atoms with Crippen LogP contribution in [0.5, 0.6) is 11.5 Å². The lowest BCUT2D eigenvalue weighted by atomic mass is 9.87. The van der Waals surface area contributed by atoms with E-state index in [1.807, 2.05) is 61.5 Å². The number of nitrogens with zero attached hydrogens (tertiary/aromatic N) is 1. The molecular formula is C28H21NO3. The highest BCUT2D eigenvalue weighted by Gasteiger charge is 2.33. The van der Waals surface area contributed by atoms with Gasteiger partial charge in [0.05, 0.1) is 11.6 Å². The molecule has 0 saturated heterocycles. The number of nitriles is 1. The summed E-state index contributed by atoms with van der Waals surface area (Å²) in [6.45, 7) is 5.55. The van der Waals surface area contributed by atoms with Crippen molar-refractivity contribution in [2.75, 3.05) is 0 Å². The van der Waals surface area contributed by atoms with E-state index in [1.54, 1.807) is 36.4 Å². The first-order valence-corrected chi connectivity index (χ1v) is 10.2. The van der Waals surface area contributed by atoms with Gasteiger partial charge in [-0.25, -0.2) is 0 Å². The molecule has 0 amide bonds. The summed E-state index contributed by atoms with van der Waals surface area (Å²) in [5.74, 6) is 0.782. The number of carbonyl (C=O) groups excluding carboxylic acids is 1. The third-order valence-corrected chi connectivity index (χ3v) is 5.28. The van der Waals surface area contributed by atoms with Gasteiger partial charge >= 0.3 is 5.97 Å². The van der Waals surface area contributed by atoms with Gasteiger partial charge in [0.15, 0.2) is 0 Å².